The summed E-state index contributed by atoms with van der Waals surface area (Å²) in [6, 6.07) is 1.55. The van der Waals surface area contributed by atoms with Gasteiger partial charge in [0.2, 0.25) is 0 Å². The van der Waals surface area contributed by atoms with Crippen LogP contribution in [0.4, 0.5) is 10.5 Å². The molecule has 2 N–H and O–H groups in total. The number of carbonyl (C=O) groups excluding carboxylic acids is 1. The van der Waals surface area contributed by atoms with Crippen LogP contribution in [-0.4, -0.2) is 40.6 Å². The molecule has 0 saturated heterocycles. The highest BCUT2D eigenvalue weighted by molar-refractivity contribution is 5.90. The predicted molar refractivity (Wildman–Crippen MR) is 72.3 cm³/mol. The molecule has 0 bridgehead atoms. The molecule has 104 valence electrons. The number of rotatable bonds is 4. The number of nitrogens with one attached hydrogen (secondary N) is 1. The van der Waals surface area contributed by atoms with Crippen molar-refractivity contribution in [1.29, 1.82) is 0 Å². The molecule has 0 aliphatic heterocycles. The average molecular weight is 265 g/mol. The molecule has 0 aliphatic carbocycles. The summed E-state index contributed by atoms with van der Waals surface area (Å²) in [5, 5.41) is 11.3. The number of nitrogens with zero attached hydrogens (tertiary/aromatic N) is 2. The molecule has 1 rings (SSSR count). The van der Waals surface area contributed by atoms with Gasteiger partial charge in [0.1, 0.15) is 0 Å². The lowest BCUT2D eigenvalue weighted by Crippen LogP contribution is -2.33. The molecule has 0 spiro atoms. The molecule has 1 aromatic rings. The Morgan fingerprint density at radius 2 is 2.00 bits per heavy atom. The van der Waals surface area contributed by atoms with Crippen molar-refractivity contribution in [3.63, 3.8) is 0 Å². The van der Waals surface area contributed by atoms with Crippen LogP contribution in [0.5, 0.6) is 0 Å². The van der Waals surface area contributed by atoms with E-state index in [1.54, 1.807) is 7.05 Å². The zero-order valence-electron chi connectivity index (χ0n) is 11.6. The first-order chi connectivity index (χ1) is 8.81. The second-order valence-electron chi connectivity index (χ2n) is 4.54. The molecule has 6 nitrogen and oxygen atoms in total. The Kier molecular flexibility index (Phi) is 4.86. The summed E-state index contributed by atoms with van der Waals surface area (Å²) >= 11 is 0. The monoisotopic (exact) mass is 265 g/mol. The fourth-order valence-corrected chi connectivity index (χ4v) is 1.78. The summed E-state index contributed by atoms with van der Waals surface area (Å²) in [5.41, 5.74) is 3.26. The van der Waals surface area contributed by atoms with Crippen molar-refractivity contribution in [2.75, 3.05) is 18.9 Å². The largest absolute Gasteiger partial charge is 0.481 e. The Labute approximate surface area is 112 Å². The highest BCUT2D eigenvalue weighted by Crippen LogP contribution is 2.19. The van der Waals surface area contributed by atoms with Crippen molar-refractivity contribution >= 4 is 17.7 Å². The molecule has 2 amide bonds. The van der Waals surface area contributed by atoms with E-state index in [1.807, 2.05) is 26.8 Å². The van der Waals surface area contributed by atoms with Gasteiger partial charge in [0.25, 0.3) is 0 Å². The zero-order valence-corrected chi connectivity index (χ0v) is 11.6. The number of pyridine rings is 1. The van der Waals surface area contributed by atoms with E-state index in [-0.39, 0.29) is 19.0 Å². The summed E-state index contributed by atoms with van der Waals surface area (Å²) in [6.07, 6.45) is -0.0754. The van der Waals surface area contributed by atoms with Gasteiger partial charge in [0.05, 0.1) is 17.8 Å². The Bertz CT molecular complexity index is 477. The normalized spacial score (nSPS) is 10.1. The highest BCUT2D eigenvalue weighted by Gasteiger charge is 2.13. The average Bonchev–Trinajstić information content (AvgIpc) is 2.30. The van der Waals surface area contributed by atoms with Crippen LogP contribution >= 0.6 is 0 Å². The van der Waals surface area contributed by atoms with E-state index in [1.165, 1.54) is 4.90 Å². The number of carboxylic acid groups (broad SMARTS) is 1. The van der Waals surface area contributed by atoms with E-state index in [0.29, 0.717) is 5.69 Å². The van der Waals surface area contributed by atoms with Crippen LogP contribution < -0.4 is 5.32 Å². The van der Waals surface area contributed by atoms with Gasteiger partial charge in [-0.05, 0) is 32.4 Å². The number of urea groups is 1. The van der Waals surface area contributed by atoms with Gasteiger partial charge in [-0.15, -0.1) is 0 Å². The summed E-state index contributed by atoms with van der Waals surface area (Å²) < 4.78 is 0. The van der Waals surface area contributed by atoms with Crippen molar-refractivity contribution in [1.82, 2.24) is 9.88 Å². The quantitative estimate of drug-likeness (QED) is 0.871. The Hall–Kier alpha value is -2.11. The van der Waals surface area contributed by atoms with Crippen LogP contribution in [0, 0.1) is 20.8 Å². The zero-order chi connectivity index (χ0) is 14.6. The fourth-order valence-electron chi connectivity index (χ4n) is 1.78. The van der Waals surface area contributed by atoms with E-state index < -0.39 is 5.97 Å². The second-order valence-corrected chi connectivity index (χ2v) is 4.54. The lowest BCUT2D eigenvalue weighted by atomic mass is 10.1. The van der Waals surface area contributed by atoms with Gasteiger partial charge < -0.3 is 15.3 Å². The van der Waals surface area contributed by atoms with Crippen LogP contribution in [0.3, 0.4) is 0 Å². The summed E-state index contributed by atoms with van der Waals surface area (Å²) in [6.45, 7) is 5.78. The molecule has 1 aromatic heterocycles. The summed E-state index contributed by atoms with van der Waals surface area (Å²) in [4.78, 5) is 28.0. The predicted octanol–water partition coefficient (Wildman–Crippen LogP) is 1.95. The van der Waals surface area contributed by atoms with E-state index in [9.17, 15) is 9.59 Å². The third kappa shape index (κ3) is 4.24. The number of hydrogen-bond acceptors (Lipinski definition) is 3. The third-order valence-corrected chi connectivity index (χ3v) is 2.77. The van der Waals surface area contributed by atoms with Gasteiger partial charge in [0.15, 0.2) is 0 Å². The SMILES string of the molecule is Cc1cc(C)c(NC(=O)N(C)CCC(=O)O)c(C)n1. The van der Waals surface area contributed by atoms with Crippen molar-refractivity contribution in [3.8, 4) is 0 Å². The molecule has 0 aromatic carbocycles. The van der Waals surface area contributed by atoms with Gasteiger partial charge >= 0.3 is 12.0 Å². The van der Waals surface area contributed by atoms with Crippen LogP contribution in [0.1, 0.15) is 23.4 Å². The Morgan fingerprint density at radius 1 is 1.37 bits per heavy atom. The smallest absolute Gasteiger partial charge is 0.321 e. The van der Waals surface area contributed by atoms with Crippen LogP contribution in [0.2, 0.25) is 0 Å². The first-order valence-corrected chi connectivity index (χ1v) is 6.00. The molecule has 19 heavy (non-hydrogen) atoms. The number of aryl methyl sites for hydroxylation is 3. The fraction of sp³-hybridized carbons (Fsp3) is 0.462. The molecule has 1 heterocycles. The van der Waals surface area contributed by atoms with Crippen molar-refractivity contribution in [2.24, 2.45) is 0 Å². The number of hydrogen-bond donors (Lipinski definition) is 2. The van der Waals surface area contributed by atoms with Crippen LogP contribution in [0.25, 0.3) is 0 Å². The number of carboxylic acids is 1. The van der Waals surface area contributed by atoms with E-state index in [0.717, 1.165) is 17.0 Å². The number of anilines is 1. The topological polar surface area (TPSA) is 82.5 Å². The molecular formula is C13H19N3O3. The summed E-state index contributed by atoms with van der Waals surface area (Å²) in [7, 11) is 1.56. The maximum Gasteiger partial charge on any atom is 0.321 e. The lowest BCUT2D eigenvalue weighted by Gasteiger charge is -2.19. The Morgan fingerprint density at radius 3 is 2.53 bits per heavy atom. The molecular weight excluding hydrogens is 246 g/mol. The summed E-state index contributed by atoms with van der Waals surface area (Å²) in [5.74, 6) is -0.927. The minimum absolute atomic E-state index is 0.0754. The number of amides is 2. The van der Waals surface area contributed by atoms with E-state index >= 15 is 0 Å². The third-order valence-electron chi connectivity index (χ3n) is 2.77. The first kappa shape index (κ1) is 14.9. The molecule has 0 unspecified atom stereocenters. The van der Waals surface area contributed by atoms with Crippen molar-refractivity contribution in [3.05, 3.63) is 23.0 Å². The number of aliphatic carboxylic acids is 1. The van der Waals surface area contributed by atoms with Crippen LogP contribution in [0.15, 0.2) is 6.07 Å². The second kappa shape index (κ2) is 6.17. The lowest BCUT2D eigenvalue weighted by molar-refractivity contribution is -0.137. The Balaban J connectivity index is 2.74. The van der Waals surface area contributed by atoms with Gasteiger partial charge in [-0.3, -0.25) is 9.78 Å². The van der Waals surface area contributed by atoms with Gasteiger partial charge in [-0.1, -0.05) is 0 Å². The minimum atomic E-state index is -0.927. The molecule has 0 saturated carbocycles. The highest BCUT2D eigenvalue weighted by atomic mass is 16.4. The first-order valence-electron chi connectivity index (χ1n) is 6.00. The number of carbonyl (C=O) groups is 2. The standard InChI is InChI=1S/C13H19N3O3/c1-8-7-9(2)14-10(3)12(8)15-13(19)16(4)6-5-11(17)18/h7H,5-6H2,1-4H3,(H,15,19)(H,17,18). The molecule has 0 aliphatic rings. The maximum absolute atomic E-state index is 11.9. The minimum Gasteiger partial charge on any atom is -0.481 e. The van der Waals surface area contributed by atoms with Gasteiger partial charge in [0, 0.05) is 19.3 Å². The van der Waals surface area contributed by atoms with Crippen molar-refractivity contribution < 1.29 is 14.7 Å². The van der Waals surface area contributed by atoms with Gasteiger partial charge in [-0.2, -0.15) is 0 Å². The van der Waals surface area contributed by atoms with E-state index in [4.69, 9.17) is 5.11 Å². The van der Waals surface area contributed by atoms with Crippen molar-refractivity contribution in [2.45, 2.75) is 27.2 Å². The van der Waals surface area contributed by atoms with E-state index in [2.05, 4.69) is 10.3 Å². The molecule has 0 atom stereocenters. The maximum atomic E-state index is 11.9. The van der Waals surface area contributed by atoms with Crippen LogP contribution in [-0.2, 0) is 4.79 Å². The van der Waals surface area contributed by atoms with Gasteiger partial charge in [-0.25, -0.2) is 4.79 Å². The number of aromatic nitrogens is 1. The molecule has 0 radical (unpaired) electrons. The molecule has 6 heteroatoms. The molecule has 0 fully saturated rings.